The van der Waals surface area contributed by atoms with Gasteiger partial charge in [-0.25, -0.2) is 4.79 Å². The molecule has 0 bridgehead atoms. The summed E-state index contributed by atoms with van der Waals surface area (Å²) >= 11 is 0. The molecule has 0 fully saturated rings. The molecule has 4 aromatic rings. The van der Waals surface area contributed by atoms with E-state index in [0.29, 0.717) is 27.5 Å². The van der Waals surface area contributed by atoms with Gasteiger partial charge in [-0.05, 0) is 29.1 Å². The van der Waals surface area contributed by atoms with Crippen molar-refractivity contribution in [2.45, 2.75) is 5.92 Å². The molecule has 0 amide bonds. The monoisotopic (exact) mass is 416 g/mol. The Labute approximate surface area is 175 Å². The molecule has 1 aliphatic heterocycles. The molecule has 5 rings (SSSR count). The number of rotatable bonds is 2. The van der Waals surface area contributed by atoms with Gasteiger partial charge in [0, 0.05) is 22.4 Å². The van der Waals surface area contributed by atoms with Gasteiger partial charge >= 0.3 is 5.97 Å². The summed E-state index contributed by atoms with van der Waals surface area (Å²) in [6.45, 7) is 0. The zero-order valence-electron chi connectivity index (χ0n) is 15.9. The second-order valence-corrected chi connectivity index (χ2v) is 7.29. The highest BCUT2D eigenvalue weighted by Gasteiger charge is 2.35. The SMILES string of the molecule is O=C(O)c1cccc2cccc(C3c4ccc(O)c(O)c4Oc4c3ccc(O)c4O)c12. The van der Waals surface area contributed by atoms with Crippen molar-refractivity contribution in [3.05, 3.63) is 82.9 Å². The van der Waals surface area contributed by atoms with Gasteiger partial charge in [-0.3, -0.25) is 0 Å². The minimum Gasteiger partial charge on any atom is -0.504 e. The van der Waals surface area contributed by atoms with Crippen molar-refractivity contribution in [2.24, 2.45) is 0 Å². The summed E-state index contributed by atoms with van der Waals surface area (Å²) in [6.07, 6.45) is 0. The molecule has 0 radical (unpaired) electrons. The topological polar surface area (TPSA) is 127 Å². The molecule has 0 saturated carbocycles. The van der Waals surface area contributed by atoms with Gasteiger partial charge in [-0.15, -0.1) is 0 Å². The maximum atomic E-state index is 12.0. The molecule has 7 nitrogen and oxygen atoms in total. The van der Waals surface area contributed by atoms with Gasteiger partial charge in [-0.1, -0.05) is 42.5 Å². The number of hydrogen-bond donors (Lipinski definition) is 5. The maximum Gasteiger partial charge on any atom is 0.336 e. The summed E-state index contributed by atoms with van der Waals surface area (Å²) in [4.78, 5) is 12.0. The van der Waals surface area contributed by atoms with E-state index in [1.54, 1.807) is 42.5 Å². The first kappa shape index (κ1) is 18.6. The third-order valence-corrected chi connectivity index (χ3v) is 5.59. The third kappa shape index (κ3) is 2.63. The van der Waals surface area contributed by atoms with E-state index in [1.165, 1.54) is 18.2 Å². The molecule has 0 atom stereocenters. The number of aromatic carboxylic acids is 1. The fourth-order valence-corrected chi connectivity index (χ4v) is 4.22. The van der Waals surface area contributed by atoms with Crippen molar-refractivity contribution in [2.75, 3.05) is 0 Å². The van der Waals surface area contributed by atoms with E-state index < -0.39 is 34.9 Å². The number of aromatic hydroxyl groups is 4. The van der Waals surface area contributed by atoms with Crippen LogP contribution in [0.1, 0.15) is 33.0 Å². The molecule has 154 valence electrons. The van der Waals surface area contributed by atoms with E-state index >= 15 is 0 Å². The molecule has 5 N–H and O–H groups in total. The summed E-state index contributed by atoms with van der Waals surface area (Å²) < 4.78 is 5.71. The Hall–Kier alpha value is -4.39. The van der Waals surface area contributed by atoms with E-state index in [1.807, 2.05) is 0 Å². The first-order valence-electron chi connectivity index (χ1n) is 9.41. The molecule has 7 heteroatoms. The van der Waals surface area contributed by atoms with Crippen LogP contribution in [0.25, 0.3) is 10.8 Å². The minimum absolute atomic E-state index is 0.0804. The van der Waals surface area contributed by atoms with Gasteiger partial charge in [0.2, 0.25) is 11.5 Å². The fraction of sp³-hybridized carbons (Fsp3) is 0.0417. The lowest BCUT2D eigenvalue weighted by Crippen LogP contribution is -2.13. The second-order valence-electron chi connectivity index (χ2n) is 7.29. The first-order valence-corrected chi connectivity index (χ1v) is 9.41. The third-order valence-electron chi connectivity index (χ3n) is 5.59. The molecule has 31 heavy (non-hydrogen) atoms. The zero-order valence-corrected chi connectivity index (χ0v) is 15.9. The Morgan fingerprint density at radius 1 is 0.710 bits per heavy atom. The molecule has 0 unspecified atom stereocenters. The van der Waals surface area contributed by atoms with Crippen molar-refractivity contribution >= 4 is 16.7 Å². The van der Waals surface area contributed by atoms with Gasteiger partial charge in [0.25, 0.3) is 0 Å². The zero-order chi connectivity index (χ0) is 21.9. The number of benzene rings is 4. The van der Waals surface area contributed by atoms with Crippen molar-refractivity contribution in [3.63, 3.8) is 0 Å². The smallest absolute Gasteiger partial charge is 0.336 e. The number of hydrogen-bond acceptors (Lipinski definition) is 6. The lowest BCUT2D eigenvalue weighted by atomic mass is 9.79. The maximum absolute atomic E-state index is 12.0. The van der Waals surface area contributed by atoms with Crippen LogP contribution in [0.15, 0.2) is 60.7 Å². The lowest BCUT2D eigenvalue weighted by Gasteiger charge is -2.30. The van der Waals surface area contributed by atoms with Crippen LogP contribution in [0.5, 0.6) is 34.5 Å². The van der Waals surface area contributed by atoms with Crippen molar-refractivity contribution in [1.29, 1.82) is 0 Å². The molecule has 0 spiro atoms. The normalized spacial score (nSPS) is 12.8. The van der Waals surface area contributed by atoms with Crippen LogP contribution in [0.3, 0.4) is 0 Å². The standard InChI is InChI=1S/C24H16O7/c25-16-9-7-13-19(12-5-1-3-11-4-2-6-15(18(11)12)24(29)30)14-8-10-17(26)21(28)23(14)31-22(13)20(16)27/h1-10,19,25-28H,(H,29,30). The Kier molecular flexibility index (Phi) is 3.94. The molecule has 0 aliphatic carbocycles. The predicted molar refractivity (Wildman–Crippen MR) is 111 cm³/mol. The van der Waals surface area contributed by atoms with Gasteiger partial charge < -0.3 is 30.3 Å². The molecule has 1 heterocycles. The highest BCUT2D eigenvalue weighted by molar-refractivity contribution is 6.05. The van der Waals surface area contributed by atoms with Crippen molar-refractivity contribution in [3.8, 4) is 34.5 Å². The molecular formula is C24H16O7. The van der Waals surface area contributed by atoms with Crippen LogP contribution >= 0.6 is 0 Å². The highest BCUT2D eigenvalue weighted by atomic mass is 16.5. The van der Waals surface area contributed by atoms with E-state index in [2.05, 4.69) is 0 Å². The summed E-state index contributed by atoms with van der Waals surface area (Å²) in [5.41, 5.74) is 1.66. The largest absolute Gasteiger partial charge is 0.504 e. The molecule has 0 saturated heterocycles. The van der Waals surface area contributed by atoms with E-state index in [9.17, 15) is 30.3 Å². The number of phenolic OH excluding ortho intramolecular Hbond substituents is 4. The van der Waals surface area contributed by atoms with Crippen LogP contribution in [0.2, 0.25) is 0 Å². The average molecular weight is 416 g/mol. The van der Waals surface area contributed by atoms with Crippen molar-refractivity contribution in [1.82, 2.24) is 0 Å². The fourth-order valence-electron chi connectivity index (χ4n) is 4.22. The summed E-state index contributed by atoms with van der Waals surface area (Å²) in [6, 6.07) is 16.1. The van der Waals surface area contributed by atoms with Gasteiger partial charge in [-0.2, -0.15) is 0 Å². The Morgan fingerprint density at radius 3 is 1.81 bits per heavy atom. The van der Waals surface area contributed by atoms with Crippen LogP contribution in [-0.4, -0.2) is 31.5 Å². The van der Waals surface area contributed by atoms with Crippen LogP contribution in [-0.2, 0) is 0 Å². The number of carboxylic acid groups (broad SMARTS) is 1. The van der Waals surface area contributed by atoms with E-state index in [0.717, 1.165) is 0 Å². The second kappa shape index (κ2) is 6.56. The summed E-state index contributed by atoms with van der Waals surface area (Å²) in [7, 11) is 0. The number of phenols is 4. The van der Waals surface area contributed by atoms with Crippen LogP contribution in [0, 0.1) is 0 Å². The summed E-state index contributed by atoms with van der Waals surface area (Å²) in [5.74, 6) is -3.77. The molecule has 4 aromatic carbocycles. The highest BCUT2D eigenvalue weighted by Crippen LogP contribution is 2.57. The Balaban J connectivity index is 1.91. The summed E-state index contributed by atoms with van der Waals surface area (Å²) in [5, 5.41) is 51.8. The predicted octanol–water partition coefficient (Wildman–Crippen LogP) is 4.65. The number of fused-ring (bicyclic) bond motifs is 3. The molecular weight excluding hydrogens is 400 g/mol. The number of ether oxygens (including phenoxy) is 1. The molecule has 0 aromatic heterocycles. The van der Waals surface area contributed by atoms with E-state index in [4.69, 9.17) is 4.74 Å². The number of carboxylic acids is 1. The first-order chi connectivity index (χ1) is 14.9. The van der Waals surface area contributed by atoms with Gasteiger partial charge in [0.15, 0.2) is 23.0 Å². The van der Waals surface area contributed by atoms with Crippen LogP contribution < -0.4 is 4.74 Å². The Morgan fingerprint density at radius 2 is 1.26 bits per heavy atom. The van der Waals surface area contributed by atoms with Crippen LogP contribution in [0.4, 0.5) is 0 Å². The molecule has 1 aliphatic rings. The van der Waals surface area contributed by atoms with Crippen molar-refractivity contribution < 1.29 is 35.1 Å². The quantitative estimate of drug-likeness (QED) is 0.265. The average Bonchev–Trinajstić information content (AvgIpc) is 2.77. The Bertz CT molecular complexity index is 1330. The van der Waals surface area contributed by atoms with Gasteiger partial charge in [0.1, 0.15) is 0 Å². The van der Waals surface area contributed by atoms with E-state index in [-0.39, 0.29) is 17.1 Å². The lowest BCUT2D eigenvalue weighted by molar-refractivity contribution is 0.0699. The minimum atomic E-state index is -1.09. The number of carbonyl (C=O) groups is 1. The van der Waals surface area contributed by atoms with Gasteiger partial charge in [0.05, 0.1) is 5.56 Å².